The number of benzene rings is 1. The molecule has 9 heteroatoms. The van der Waals surface area contributed by atoms with Crippen LogP contribution in [0.4, 0.5) is 5.69 Å². The van der Waals surface area contributed by atoms with Crippen molar-refractivity contribution in [2.75, 3.05) is 11.1 Å². The van der Waals surface area contributed by atoms with Gasteiger partial charge in [-0.1, -0.05) is 28.0 Å². The van der Waals surface area contributed by atoms with E-state index in [1.807, 2.05) is 21.6 Å². The monoisotopic (exact) mass is 409 g/mol. The van der Waals surface area contributed by atoms with Crippen molar-refractivity contribution in [3.8, 4) is 0 Å². The standard InChI is InChI=1S/C18H23N3O4S2/c1-11(25-16(22)5-3-2-4-13-8-9-26-27-13)17(23)19-12-6-7-14-15(10-12)21-18(24)20-14/h6-7,10-11,13H,2-5,8-9H2,1H3,(H,19,23)(H2,20,21,24)/t11-,13+/m0/s1. The van der Waals surface area contributed by atoms with Crippen molar-refractivity contribution in [3.05, 3.63) is 28.7 Å². The van der Waals surface area contributed by atoms with Gasteiger partial charge in [0.05, 0.1) is 11.0 Å². The van der Waals surface area contributed by atoms with Gasteiger partial charge in [0.15, 0.2) is 6.10 Å². The highest BCUT2D eigenvalue weighted by atomic mass is 33.1. The van der Waals surface area contributed by atoms with Gasteiger partial charge in [-0.25, -0.2) is 4.79 Å². The summed E-state index contributed by atoms with van der Waals surface area (Å²) in [5, 5.41) is 3.41. The molecule has 1 aromatic heterocycles. The SMILES string of the molecule is C[C@H](OC(=O)CCCC[C@@H]1CCSS1)C(=O)Nc1ccc2[nH]c(=O)[nH]c2c1. The lowest BCUT2D eigenvalue weighted by molar-refractivity contribution is -0.153. The van der Waals surface area contributed by atoms with E-state index in [1.54, 1.807) is 25.1 Å². The molecule has 3 rings (SSSR count). The first kappa shape index (κ1) is 19.9. The molecular formula is C18H23N3O4S2. The molecule has 7 nitrogen and oxygen atoms in total. The smallest absolute Gasteiger partial charge is 0.323 e. The van der Waals surface area contributed by atoms with Crippen LogP contribution in [0, 0.1) is 0 Å². The summed E-state index contributed by atoms with van der Waals surface area (Å²) >= 11 is 0. The molecule has 1 fully saturated rings. The average Bonchev–Trinajstić information content (AvgIpc) is 3.26. The molecule has 0 radical (unpaired) electrons. The minimum atomic E-state index is -0.875. The Morgan fingerprint density at radius 1 is 1.30 bits per heavy atom. The van der Waals surface area contributed by atoms with E-state index in [-0.39, 0.29) is 11.7 Å². The summed E-state index contributed by atoms with van der Waals surface area (Å²) in [6, 6.07) is 5.03. The van der Waals surface area contributed by atoms with E-state index in [0.717, 1.165) is 19.3 Å². The molecule has 1 amide bonds. The third-order valence-electron chi connectivity index (χ3n) is 4.35. The first-order valence-electron chi connectivity index (χ1n) is 9.02. The van der Waals surface area contributed by atoms with Crippen LogP contribution in [0.2, 0.25) is 0 Å². The van der Waals surface area contributed by atoms with Gasteiger partial charge >= 0.3 is 11.7 Å². The summed E-state index contributed by atoms with van der Waals surface area (Å²) in [7, 11) is 3.87. The fourth-order valence-electron chi connectivity index (χ4n) is 2.87. The fraction of sp³-hybridized carbons (Fsp3) is 0.500. The van der Waals surface area contributed by atoms with Gasteiger partial charge in [-0.2, -0.15) is 0 Å². The average molecular weight is 410 g/mol. The molecule has 2 heterocycles. The summed E-state index contributed by atoms with van der Waals surface area (Å²) in [6.07, 6.45) is 3.62. The fourth-order valence-corrected chi connectivity index (χ4v) is 5.90. The lowest BCUT2D eigenvalue weighted by Crippen LogP contribution is -2.29. The van der Waals surface area contributed by atoms with Crippen molar-refractivity contribution in [3.63, 3.8) is 0 Å². The molecule has 0 aliphatic carbocycles. The number of ether oxygens (including phenoxy) is 1. The van der Waals surface area contributed by atoms with Crippen LogP contribution in [0.1, 0.15) is 39.0 Å². The first-order chi connectivity index (χ1) is 13.0. The van der Waals surface area contributed by atoms with Gasteiger partial charge in [-0.05, 0) is 44.4 Å². The van der Waals surface area contributed by atoms with Crippen LogP contribution in [0.25, 0.3) is 11.0 Å². The largest absolute Gasteiger partial charge is 0.453 e. The van der Waals surface area contributed by atoms with Crippen molar-refractivity contribution in [2.24, 2.45) is 0 Å². The number of nitrogens with one attached hydrogen (secondary N) is 3. The number of fused-ring (bicyclic) bond motifs is 1. The lowest BCUT2D eigenvalue weighted by atomic mass is 10.1. The molecule has 0 saturated carbocycles. The highest BCUT2D eigenvalue weighted by molar-refractivity contribution is 8.77. The number of imidazole rings is 1. The van der Waals surface area contributed by atoms with Gasteiger partial charge in [0.1, 0.15) is 0 Å². The molecule has 1 aliphatic heterocycles. The Labute approximate surface area is 164 Å². The maximum Gasteiger partial charge on any atom is 0.323 e. The molecule has 0 bridgehead atoms. The van der Waals surface area contributed by atoms with Crippen molar-refractivity contribution in [1.29, 1.82) is 0 Å². The maximum absolute atomic E-state index is 12.2. The molecular weight excluding hydrogens is 386 g/mol. The molecule has 2 aromatic rings. The molecule has 146 valence electrons. The Morgan fingerprint density at radius 2 is 2.11 bits per heavy atom. The normalized spacial score (nSPS) is 17.7. The number of hydrogen-bond donors (Lipinski definition) is 3. The Bertz CT molecular complexity index is 858. The quantitative estimate of drug-likeness (QED) is 0.350. The van der Waals surface area contributed by atoms with Crippen LogP contribution in [0.5, 0.6) is 0 Å². The second kappa shape index (κ2) is 9.36. The van der Waals surface area contributed by atoms with E-state index in [9.17, 15) is 14.4 Å². The Hall–Kier alpha value is -1.87. The summed E-state index contributed by atoms with van der Waals surface area (Å²) in [5.41, 5.74) is 1.48. The highest BCUT2D eigenvalue weighted by Gasteiger charge is 2.19. The number of amides is 1. The van der Waals surface area contributed by atoms with E-state index in [2.05, 4.69) is 15.3 Å². The lowest BCUT2D eigenvalue weighted by Gasteiger charge is -2.14. The summed E-state index contributed by atoms with van der Waals surface area (Å²) < 4.78 is 5.22. The van der Waals surface area contributed by atoms with Crippen LogP contribution in [-0.2, 0) is 14.3 Å². The van der Waals surface area contributed by atoms with Gasteiger partial charge in [-0.15, -0.1) is 0 Å². The zero-order chi connectivity index (χ0) is 19.2. The molecule has 0 spiro atoms. The number of hydrogen-bond acceptors (Lipinski definition) is 6. The van der Waals surface area contributed by atoms with Crippen molar-refractivity contribution in [1.82, 2.24) is 9.97 Å². The Balaban J connectivity index is 1.40. The Kier molecular flexibility index (Phi) is 6.89. The van der Waals surface area contributed by atoms with Crippen LogP contribution < -0.4 is 11.0 Å². The summed E-state index contributed by atoms with van der Waals surface area (Å²) in [6.45, 7) is 1.55. The first-order valence-corrected chi connectivity index (χ1v) is 11.4. The van der Waals surface area contributed by atoms with Crippen LogP contribution in [0.15, 0.2) is 23.0 Å². The predicted molar refractivity (Wildman–Crippen MR) is 110 cm³/mol. The number of unbranched alkanes of at least 4 members (excludes halogenated alkanes) is 1. The number of aromatic nitrogens is 2. The van der Waals surface area contributed by atoms with E-state index >= 15 is 0 Å². The molecule has 27 heavy (non-hydrogen) atoms. The van der Waals surface area contributed by atoms with E-state index in [1.165, 1.54) is 12.2 Å². The van der Waals surface area contributed by atoms with E-state index in [0.29, 0.717) is 28.4 Å². The molecule has 1 aliphatic rings. The van der Waals surface area contributed by atoms with Gasteiger partial charge in [0.2, 0.25) is 0 Å². The molecule has 1 saturated heterocycles. The van der Waals surface area contributed by atoms with E-state index in [4.69, 9.17) is 4.74 Å². The second-order valence-corrected chi connectivity index (χ2v) is 9.32. The number of rotatable bonds is 8. The van der Waals surface area contributed by atoms with Crippen LogP contribution in [-0.4, -0.2) is 39.0 Å². The predicted octanol–water partition coefficient (Wildman–Crippen LogP) is 3.44. The third-order valence-corrected chi connectivity index (χ3v) is 7.35. The van der Waals surface area contributed by atoms with Gasteiger partial charge in [0, 0.05) is 23.1 Å². The molecule has 0 unspecified atom stereocenters. The third kappa shape index (κ3) is 5.80. The molecule has 3 N–H and O–H groups in total. The van der Waals surface area contributed by atoms with E-state index < -0.39 is 12.0 Å². The van der Waals surface area contributed by atoms with Crippen molar-refractivity contribution >= 4 is 50.2 Å². The molecule has 1 aromatic carbocycles. The van der Waals surface area contributed by atoms with Crippen molar-refractivity contribution < 1.29 is 14.3 Å². The second-order valence-electron chi connectivity index (χ2n) is 6.54. The number of anilines is 1. The highest BCUT2D eigenvalue weighted by Crippen LogP contribution is 2.39. The van der Waals surface area contributed by atoms with Crippen molar-refractivity contribution in [2.45, 2.75) is 50.4 Å². The minimum absolute atomic E-state index is 0.305. The van der Waals surface area contributed by atoms with Crippen LogP contribution in [0.3, 0.4) is 0 Å². The number of carbonyl (C=O) groups excluding carboxylic acids is 2. The summed E-state index contributed by atoms with van der Waals surface area (Å²) in [5.74, 6) is 0.466. The number of aromatic amines is 2. The molecule has 2 atom stereocenters. The number of esters is 1. The number of H-pyrrole nitrogens is 2. The Morgan fingerprint density at radius 3 is 2.89 bits per heavy atom. The number of carbonyl (C=O) groups is 2. The maximum atomic E-state index is 12.2. The minimum Gasteiger partial charge on any atom is -0.453 e. The van der Waals surface area contributed by atoms with Gasteiger partial charge in [-0.3, -0.25) is 9.59 Å². The topological polar surface area (TPSA) is 104 Å². The van der Waals surface area contributed by atoms with Crippen LogP contribution >= 0.6 is 21.6 Å². The van der Waals surface area contributed by atoms with Gasteiger partial charge in [0.25, 0.3) is 5.91 Å². The zero-order valence-electron chi connectivity index (χ0n) is 15.1. The van der Waals surface area contributed by atoms with Gasteiger partial charge < -0.3 is 20.0 Å². The summed E-state index contributed by atoms with van der Waals surface area (Å²) in [4.78, 5) is 40.7. The zero-order valence-corrected chi connectivity index (χ0v) is 16.7.